The fraction of sp³-hybridized carbons (Fsp3) is 0.409. The van der Waals surface area contributed by atoms with Crippen molar-refractivity contribution in [2.45, 2.75) is 32.7 Å². The minimum absolute atomic E-state index is 0.00566. The monoisotopic (exact) mass is 369 g/mol. The van der Waals surface area contributed by atoms with Gasteiger partial charge in [0.05, 0.1) is 6.54 Å². The molecule has 1 fully saturated rings. The van der Waals surface area contributed by atoms with E-state index in [0.29, 0.717) is 0 Å². The first-order chi connectivity index (χ1) is 13.0. The van der Waals surface area contributed by atoms with Crippen LogP contribution in [0.3, 0.4) is 0 Å². The third-order valence-corrected chi connectivity index (χ3v) is 5.00. The third-order valence-electron chi connectivity index (χ3n) is 5.00. The molecular formula is C22H28FN3O. The van der Waals surface area contributed by atoms with Gasteiger partial charge < -0.3 is 15.5 Å². The van der Waals surface area contributed by atoms with Crippen molar-refractivity contribution in [3.05, 3.63) is 59.9 Å². The molecule has 1 heterocycles. The molecule has 0 bridgehead atoms. The molecule has 5 heteroatoms. The number of amides is 1. The first-order valence-electron chi connectivity index (χ1n) is 9.66. The van der Waals surface area contributed by atoms with Crippen molar-refractivity contribution >= 4 is 17.3 Å². The van der Waals surface area contributed by atoms with E-state index in [4.69, 9.17) is 0 Å². The second-order valence-electron chi connectivity index (χ2n) is 7.44. The van der Waals surface area contributed by atoms with E-state index in [1.165, 1.54) is 30.7 Å². The summed E-state index contributed by atoms with van der Waals surface area (Å²) in [7, 11) is 0. The van der Waals surface area contributed by atoms with Crippen molar-refractivity contribution in [2.24, 2.45) is 5.92 Å². The predicted molar refractivity (Wildman–Crippen MR) is 109 cm³/mol. The number of rotatable bonds is 7. The Balaban J connectivity index is 1.54. The van der Waals surface area contributed by atoms with Crippen molar-refractivity contribution < 1.29 is 9.18 Å². The molecule has 4 nitrogen and oxygen atoms in total. The summed E-state index contributed by atoms with van der Waals surface area (Å²) >= 11 is 0. The number of hydrogen-bond acceptors (Lipinski definition) is 3. The molecule has 1 atom stereocenters. The summed E-state index contributed by atoms with van der Waals surface area (Å²) in [5.41, 5.74) is 2.99. The smallest absolute Gasteiger partial charge is 0.238 e. The van der Waals surface area contributed by atoms with E-state index in [1.807, 2.05) is 12.1 Å². The number of anilines is 2. The highest BCUT2D eigenvalue weighted by Gasteiger charge is 2.17. The van der Waals surface area contributed by atoms with Crippen LogP contribution in [0.25, 0.3) is 0 Å². The molecule has 2 aromatic carbocycles. The number of hydrogen-bond donors (Lipinski definition) is 2. The Morgan fingerprint density at radius 1 is 1.04 bits per heavy atom. The number of carbonyl (C=O) groups is 1. The van der Waals surface area contributed by atoms with Crippen LogP contribution in [-0.2, 0) is 4.79 Å². The SMILES string of the molecule is CC(C)C(NCC(=O)Nc1ccc(N2CCCC2)cc1)c1ccc(F)cc1. The first kappa shape index (κ1) is 19.4. The average Bonchev–Trinajstić information content (AvgIpc) is 3.18. The van der Waals surface area contributed by atoms with E-state index in [2.05, 4.69) is 41.5 Å². The van der Waals surface area contributed by atoms with Gasteiger partial charge in [0.2, 0.25) is 5.91 Å². The summed E-state index contributed by atoms with van der Waals surface area (Å²) in [5, 5.41) is 6.22. The number of nitrogens with zero attached hydrogens (tertiary/aromatic N) is 1. The number of benzene rings is 2. The molecule has 144 valence electrons. The molecule has 0 spiro atoms. The van der Waals surface area contributed by atoms with Gasteiger partial charge >= 0.3 is 0 Å². The van der Waals surface area contributed by atoms with Crippen LogP contribution in [0.5, 0.6) is 0 Å². The third kappa shape index (κ3) is 5.30. The Kier molecular flexibility index (Phi) is 6.45. The maximum Gasteiger partial charge on any atom is 0.238 e. The maximum absolute atomic E-state index is 13.1. The molecule has 2 aromatic rings. The zero-order valence-electron chi connectivity index (χ0n) is 16.0. The fourth-order valence-corrected chi connectivity index (χ4v) is 3.55. The molecule has 1 unspecified atom stereocenters. The van der Waals surface area contributed by atoms with Gasteiger partial charge in [-0.1, -0.05) is 26.0 Å². The first-order valence-corrected chi connectivity index (χ1v) is 9.66. The van der Waals surface area contributed by atoms with E-state index < -0.39 is 0 Å². The predicted octanol–water partition coefficient (Wildman–Crippen LogP) is 4.35. The largest absolute Gasteiger partial charge is 0.372 e. The Morgan fingerprint density at radius 3 is 2.26 bits per heavy atom. The summed E-state index contributed by atoms with van der Waals surface area (Å²) in [6, 6.07) is 14.4. The molecule has 0 aliphatic carbocycles. The molecule has 1 aliphatic heterocycles. The van der Waals surface area contributed by atoms with Gasteiger partial charge in [0.1, 0.15) is 5.82 Å². The van der Waals surface area contributed by atoms with E-state index in [-0.39, 0.29) is 30.2 Å². The van der Waals surface area contributed by atoms with Gasteiger partial charge in [0.25, 0.3) is 0 Å². The lowest BCUT2D eigenvalue weighted by atomic mass is 9.96. The topological polar surface area (TPSA) is 44.4 Å². The van der Waals surface area contributed by atoms with Gasteiger partial charge in [-0.25, -0.2) is 4.39 Å². The zero-order valence-corrected chi connectivity index (χ0v) is 16.0. The van der Waals surface area contributed by atoms with Crippen LogP contribution < -0.4 is 15.5 Å². The van der Waals surface area contributed by atoms with Crippen molar-refractivity contribution in [1.82, 2.24) is 5.32 Å². The summed E-state index contributed by atoms with van der Waals surface area (Å²) < 4.78 is 13.1. The number of nitrogens with one attached hydrogen (secondary N) is 2. The second kappa shape index (κ2) is 9.00. The summed E-state index contributed by atoms with van der Waals surface area (Å²) in [6.07, 6.45) is 2.49. The molecule has 1 saturated heterocycles. The molecule has 0 saturated carbocycles. The molecule has 3 rings (SSSR count). The van der Waals surface area contributed by atoms with Gasteiger partial charge in [-0.3, -0.25) is 4.79 Å². The maximum atomic E-state index is 13.1. The summed E-state index contributed by atoms with van der Waals surface area (Å²) in [5.74, 6) is -0.0592. The van der Waals surface area contributed by atoms with Crippen LogP contribution in [0, 0.1) is 11.7 Å². The minimum Gasteiger partial charge on any atom is -0.372 e. The highest BCUT2D eigenvalue weighted by molar-refractivity contribution is 5.92. The normalized spacial score (nSPS) is 15.2. The zero-order chi connectivity index (χ0) is 19.2. The molecular weight excluding hydrogens is 341 g/mol. The highest BCUT2D eigenvalue weighted by atomic mass is 19.1. The Bertz CT molecular complexity index is 737. The van der Waals surface area contributed by atoms with Crippen LogP contribution in [0.15, 0.2) is 48.5 Å². The van der Waals surface area contributed by atoms with Crippen LogP contribution in [0.4, 0.5) is 15.8 Å². The van der Waals surface area contributed by atoms with Crippen LogP contribution >= 0.6 is 0 Å². The Hall–Kier alpha value is -2.40. The van der Waals surface area contributed by atoms with E-state index in [1.54, 1.807) is 12.1 Å². The van der Waals surface area contributed by atoms with Gasteiger partial charge in [-0.2, -0.15) is 0 Å². The van der Waals surface area contributed by atoms with Crippen LogP contribution in [0.1, 0.15) is 38.3 Å². The molecule has 1 amide bonds. The lowest BCUT2D eigenvalue weighted by molar-refractivity contribution is -0.115. The van der Waals surface area contributed by atoms with Crippen molar-refractivity contribution in [2.75, 3.05) is 29.9 Å². The molecule has 27 heavy (non-hydrogen) atoms. The van der Waals surface area contributed by atoms with Crippen molar-refractivity contribution in [3.63, 3.8) is 0 Å². The Labute approximate surface area is 160 Å². The molecule has 2 N–H and O–H groups in total. The van der Waals surface area contributed by atoms with E-state index in [0.717, 1.165) is 24.3 Å². The minimum atomic E-state index is -0.253. The standard InChI is InChI=1S/C22H28FN3O/c1-16(2)22(17-5-7-18(23)8-6-17)24-15-21(27)25-19-9-11-20(12-10-19)26-13-3-4-14-26/h5-12,16,22,24H,3-4,13-15H2,1-2H3,(H,25,27). The van der Waals surface area contributed by atoms with Crippen molar-refractivity contribution in [1.29, 1.82) is 0 Å². The fourth-order valence-electron chi connectivity index (χ4n) is 3.55. The molecule has 0 aromatic heterocycles. The average molecular weight is 369 g/mol. The van der Waals surface area contributed by atoms with Gasteiger partial charge in [0, 0.05) is 30.5 Å². The number of carbonyl (C=O) groups excluding carboxylic acids is 1. The highest BCUT2D eigenvalue weighted by Crippen LogP contribution is 2.23. The van der Waals surface area contributed by atoms with Gasteiger partial charge in [-0.05, 0) is 60.7 Å². The van der Waals surface area contributed by atoms with Crippen LogP contribution in [0.2, 0.25) is 0 Å². The van der Waals surface area contributed by atoms with Gasteiger partial charge in [-0.15, -0.1) is 0 Å². The van der Waals surface area contributed by atoms with Crippen molar-refractivity contribution in [3.8, 4) is 0 Å². The lowest BCUT2D eigenvalue weighted by Gasteiger charge is -2.23. The quantitative estimate of drug-likeness (QED) is 0.763. The Morgan fingerprint density at radius 2 is 1.67 bits per heavy atom. The summed E-state index contributed by atoms with van der Waals surface area (Å²) in [6.45, 7) is 6.57. The van der Waals surface area contributed by atoms with E-state index in [9.17, 15) is 9.18 Å². The lowest BCUT2D eigenvalue weighted by Crippen LogP contribution is -2.33. The van der Waals surface area contributed by atoms with Gasteiger partial charge in [0.15, 0.2) is 0 Å². The molecule has 1 aliphatic rings. The second-order valence-corrected chi connectivity index (χ2v) is 7.44. The van der Waals surface area contributed by atoms with E-state index >= 15 is 0 Å². The molecule has 0 radical (unpaired) electrons. The summed E-state index contributed by atoms with van der Waals surface area (Å²) in [4.78, 5) is 14.7. The van der Waals surface area contributed by atoms with Crippen LogP contribution in [-0.4, -0.2) is 25.5 Å². The number of halogens is 1.